The third-order valence-electron chi connectivity index (χ3n) is 2.81. The van der Waals surface area contributed by atoms with Crippen LogP contribution in [0, 0.1) is 5.82 Å². The summed E-state index contributed by atoms with van der Waals surface area (Å²) in [7, 11) is 0. The van der Waals surface area contributed by atoms with Gasteiger partial charge in [0.25, 0.3) is 0 Å². The van der Waals surface area contributed by atoms with E-state index in [0.717, 1.165) is 12.1 Å². The number of anilines is 1. The average Bonchev–Trinajstić information content (AvgIpc) is 2.40. The monoisotopic (exact) mass is 363 g/mol. The van der Waals surface area contributed by atoms with E-state index in [1.54, 1.807) is 6.92 Å². The Hall–Kier alpha value is -1.70. The molecule has 2 rings (SSSR count). The second kappa shape index (κ2) is 5.59. The fourth-order valence-electron chi connectivity index (χ4n) is 1.81. The lowest BCUT2D eigenvalue weighted by molar-refractivity contribution is -0.137. The highest BCUT2D eigenvalue weighted by Gasteiger charge is 2.35. The number of nitrogens with zero attached hydrogens (tertiary/aromatic N) is 2. The van der Waals surface area contributed by atoms with Crippen LogP contribution in [0.2, 0.25) is 0 Å². The Bertz CT molecular complexity index is 686. The molecule has 1 heterocycles. The highest BCUT2D eigenvalue weighted by Crippen LogP contribution is 2.37. The van der Waals surface area contributed by atoms with E-state index in [1.165, 1.54) is 0 Å². The lowest BCUT2D eigenvalue weighted by Gasteiger charge is -2.13. The molecule has 21 heavy (non-hydrogen) atoms. The number of aromatic nitrogens is 2. The van der Waals surface area contributed by atoms with Crippen molar-refractivity contribution in [1.29, 1.82) is 0 Å². The summed E-state index contributed by atoms with van der Waals surface area (Å²) in [6.07, 6.45) is -4.25. The molecule has 0 unspecified atom stereocenters. The molecule has 0 radical (unpaired) electrons. The molecule has 112 valence electrons. The standard InChI is InChI=1S/C13H10BrF4N3/c1-2-9-10(14)11(19)21-12(20-9)7-4-3-6(15)5-8(7)13(16,17)18/h3-5H,2H2,1H3,(H2,19,20,21). The maximum atomic E-state index is 13.1. The van der Waals surface area contributed by atoms with Crippen LogP contribution in [0.25, 0.3) is 11.4 Å². The first-order chi connectivity index (χ1) is 9.74. The van der Waals surface area contributed by atoms with Crippen LogP contribution in [0.5, 0.6) is 0 Å². The second-order valence-corrected chi connectivity index (χ2v) is 5.03. The highest BCUT2D eigenvalue weighted by atomic mass is 79.9. The van der Waals surface area contributed by atoms with Gasteiger partial charge < -0.3 is 5.73 Å². The fraction of sp³-hybridized carbons (Fsp3) is 0.231. The second-order valence-electron chi connectivity index (χ2n) is 4.23. The summed E-state index contributed by atoms with van der Waals surface area (Å²) in [4.78, 5) is 7.92. The molecule has 0 aliphatic heterocycles. The molecule has 0 aliphatic rings. The normalized spacial score (nSPS) is 11.7. The van der Waals surface area contributed by atoms with Crippen LogP contribution in [0.15, 0.2) is 22.7 Å². The number of alkyl halides is 3. The summed E-state index contributed by atoms with van der Waals surface area (Å²) in [5.74, 6) is -1.12. The Morgan fingerprint density at radius 1 is 1.24 bits per heavy atom. The largest absolute Gasteiger partial charge is 0.417 e. The van der Waals surface area contributed by atoms with E-state index in [4.69, 9.17) is 5.73 Å². The van der Waals surface area contributed by atoms with Gasteiger partial charge in [0, 0.05) is 5.56 Å². The third-order valence-corrected chi connectivity index (χ3v) is 3.67. The molecule has 1 aromatic heterocycles. The van der Waals surface area contributed by atoms with Crippen LogP contribution in [-0.4, -0.2) is 9.97 Å². The van der Waals surface area contributed by atoms with Crippen LogP contribution in [-0.2, 0) is 12.6 Å². The quantitative estimate of drug-likeness (QED) is 0.813. The van der Waals surface area contributed by atoms with Crippen molar-refractivity contribution in [3.05, 3.63) is 39.7 Å². The third kappa shape index (κ3) is 3.15. The van der Waals surface area contributed by atoms with Gasteiger partial charge in [-0.15, -0.1) is 0 Å². The molecule has 2 N–H and O–H groups in total. The van der Waals surface area contributed by atoms with Crippen LogP contribution in [0.1, 0.15) is 18.2 Å². The van der Waals surface area contributed by atoms with E-state index in [0.29, 0.717) is 22.7 Å². The molecule has 0 aliphatic carbocycles. The van der Waals surface area contributed by atoms with Crippen molar-refractivity contribution in [2.45, 2.75) is 19.5 Å². The van der Waals surface area contributed by atoms with Crippen LogP contribution in [0.4, 0.5) is 23.4 Å². The molecule has 0 saturated carbocycles. The van der Waals surface area contributed by atoms with Gasteiger partial charge in [0.2, 0.25) is 0 Å². The van der Waals surface area contributed by atoms with Crippen LogP contribution in [0.3, 0.4) is 0 Å². The smallest absolute Gasteiger partial charge is 0.383 e. The van der Waals surface area contributed by atoms with Crippen molar-refractivity contribution in [3.63, 3.8) is 0 Å². The Labute approximate surface area is 126 Å². The predicted octanol–water partition coefficient (Wildman–Crippen LogP) is 4.21. The molecule has 3 nitrogen and oxygen atoms in total. The van der Waals surface area contributed by atoms with Gasteiger partial charge in [-0.3, -0.25) is 0 Å². The van der Waals surface area contributed by atoms with Gasteiger partial charge in [-0.1, -0.05) is 6.92 Å². The Morgan fingerprint density at radius 3 is 2.48 bits per heavy atom. The van der Waals surface area contributed by atoms with E-state index in [1.807, 2.05) is 0 Å². The van der Waals surface area contributed by atoms with Crippen molar-refractivity contribution in [1.82, 2.24) is 9.97 Å². The first-order valence-electron chi connectivity index (χ1n) is 5.93. The summed E-state index contributed by atoms with van der Waals surface area (Å²) < 4.78 is 52.6. The van der Waals surface area contributed by atoms with Crippen molar-refractivity contribution in [2.24, 2.45) is 0 Å². The SMILES string of the molecule is CCc1nc(-c2ccc(F)cc2C(F)(F)F)nc(N)c1Br. The molecule has 1 aromatic carbocycles. The minimum absolute atomic E-state index is 0.0364. The lowest BCUT2D eigenvalue weighted by Crippen LogP contribution is -2.10. The maximum Gasteiger partial charge on any atom is 0.417 e. The van der Waals surface area contributed by atoms with Gasteiger partial charge >= 0.3 is 6.18 Å². The molecular formula is C13H10BrF4N3. The maximum absolute atomic E-state index is 13.1. The van der Waals surface area contributed by atoms with Gasteiger partial charge in [-0.2, -0.15) is 13.2 Å². The number of halogens is 5. The van der Waals surface area contributed by atoms with Gasteiger partial charge in [0.05, 0.1) is 15.7 Å². The van der Waals surface area contributed by atoms with Crippen LogP contribution < -0.4 is 5.73 Å². The number of hydrogen-bond acceptors (Lipinski definition) is 3. The number of nitrogens with two attached hydrogens (primary N) is 1. The fourth-order valence-corrected chi connectivity index (χ4v) is 2.27. The molecule has 0 bridgehead atoms. The van der Waals surface area contributed by atoms with E-state index in [9.17, 15) is 17.6 Å². The molecule has 0 saturated heterocycles. The zero-order valence-corrected chi connectivity index (χ0v) is 12.4. The lowest BCUT2D eigenvalue weighted by atomic mass is 10.1. The van der Waals surface area contributed by atoms with E-state index < -0.39 is 17.6 Å². The van der Waals surface area contributed by atoms with Crippen molar-refractivity contribution in [2.75, 3.05) is 5.73 Å². The molecular weight excluding hydrogens is 354 g/mol. The Morgan fingerprint density at radius 2 is 1.90 bits per heavy atom. The number of hydrogen-bond donors (Lipinski definition) is 1. The number of aryl methyl sites for hydroxylation is 1. The summed E-state index contributed by atoms with van der Waals surface area (Å²) in [6.45, 7) is 1.78. The Kier molecular flexibility index (Phi) is 4.18. The number of nitrogen functional groups attached to an aromatic ring is 1. The summed E-state index contributed by atoms with van der Waals surface area (Å²) in [6, 6.07) is 2.35. The van der Waals surface area contributed by atoms with Crippen molar-refractivity contribution in [3.8, 4) is 11.4 Å². The number of rotatable bonds is 2. The zero-order chi connectivity index (χ0) is 15.8. The van der Waals surface area contributed by atoms with E-state index in [-0.39, 0.29) is 17.2 Å². The van der Waals surface area contributed by atoms with Gasteiger partial charge in [0.15, 0.2) is 5.82 Å². The topological polar surface area (TPSA) is 51.8 Å². The summed E-state index contributed by atoms with van der Waals surface area (Å²) >= 11 is 3.18. The van der Waals surface area contributed by atoms with Gasteiger partial charge in [-0.25, -0.2) is 14.4 Å². The zero-order valence-electron chi connectivity index (χ0n) is 10.8. The van der Waals surface area contributed by atoms with Crippen LogP contribution >= 0.6 is 15.9 Å². The van der Waals surface area contributed by atoms with E-state index >= 15 is 0 Å². The molecule has 8 heteroatoms. The molecule has 0 fully saturated rings. The minimum atomic E-state index is -4.71. The van der Waals surface area contributed by atoms with E-state index in [2.05, 4.69) is 25.9 Å². The molecule has 0 spiro atoms. The van der Waals surface area contributed by atoms with Gasteiger partial charge in [-0.05, 0) is 40.5 Å². The highest BCUT2D eigenvalue weighted by molar-refractivity contribution is 9.10. The molecule has 0 atom stereocenters. The Balaban J connectivity index is 2.70. The van der Waals surface area contributed by atoms with Gasteiger partial charge in [0.1, 0.15) is 11.6 Å². The summed E-state index contributed by atoms with van der Waals surface area (Å²) in [5.41, 5.74) is 4.71. The minimum Gasteiger partial charge on any atom is -0.383 e. The average molecular weight is 364 g/mol. The first-order valence-corrected chi connectivity index (χ1v) is 6.72. The van der Waals surface area contributed by atoms with Crippen molar-refractivity contribution < 1.29 is 17.6 Å². The molecule has 0 amide bonds. The summed E-state index contributed by atoms with van der Waals surface area (Å²) in [5, 5.41) is 0. The first kappa shape index (κ1) is 15.7. The molecule has 2 aromatic rings. The number of benzene rings is 1. The van der Waals surface area contributed by atoms with Crippen molar-refractivity contribution >= 4 is 21.7 Å². The predicted molar refractivity (Wildman–Crippen MR) is 73.9 cm³/mol.